The highest BCUT2D eigenvalue weighted by atomic mass is 79.9. The highest BCUT2D eigenvalue weighted by molar-refractivity contribution is 9.11. The van der Waals surface area contributed by atoms with Gasteiger partial charge in [0, 0.05) is 18.0 Å². The number of thiophene rings is 1. The first kappa shape index (κ1) is 19.8. The van der Waals surface area contributed by atoms with E-state index in [2.05, 4.69) is 27.3 Å². The first-order valence-electron chi connectivity index (χ1n) is 7.92. The molecule has 5 nitrogen and oxygen atoms in total. The molecule has 0 atom stereocenters. The molecule has 1 aromatic heterocycles. The molecule has 1 amide bonds. The van der Waals surface area contributed by atoms with E-state index in [1.54, 1.807) is 25.6 Å². The Bertz CT molecular complexity index is 705. The second kappa shape index (κ2) is 9.79. The number of hydrogen-bond donors (Lipinski definition) is 1. The van der Waals surface area contributed by atoms with Crippen molar-refractivity contribution in [2.45, 2.75) is 13.0 Å². The third-order valence-electron chi connectivity index (χ3n) is 3.65. The summed E-state index contributed by atoms with van der Waals surface area (Å²) in [5.74, 6) is 1.43. The maximum atomic E-state index is 12.1. The molecule has 1 heterocycles. The van der Waals surface area contributed by atoms with E-state index in [-0.39, 0.29) is 5.91 Å². The van der Waals surface area contributed by atoms with Crippen LogP contribution in [0.1, 0.15) is 10.4 Å². The molecule has 0 aliphatic heterocycles. The van der Waals surface area contributed by atoms with Crippen molar-refractivity contribution in [1.29, 1.82) is 0 Å². The van der Waals surface area contributed by atoms with Crippen LogP contribution in [0.3, 0.4) is 0 Å². The molecule has 2 rings (SSSR count). The zero-order chi connectivity index (χ0) is 18.2. The van der Waals surface area contributed by atoms with Crippen molar-refractivity contribution in [2.24, 2.45) is 0 Å². The molecule has 0 spiro atoms. The average molecular weight is 427 g/mol. The molecule has 2 aromatic rings. The molecule has 0 radical (unpaired) electrons. The Labute approximate surface area is 161 Å². The largest absolute Gasteiger partial charge is 0.493 e. The van der Waals surface area contributed by atoms with Crippen molar-refractivity contribution < 1.29 is 14.3 Å². The summed E-state index contributed by atoms with van der Waals surface area (Å²) < 4.78 is 11.6. The smallest absolute Gasteiger partial charge is 0.234 e. The first-order chi connectivity index (χ1) is 12.0. The molecule has 0 saturated carbocycles. The SMILES string of the molecule is COc1ccc(CCNC(=O)CN(C)Cc2ccc(Br)s2)cc1OC. The third kappa shape index (κ3) is 6.34. The summed E-state index contributed by atoms with van der Waals surface area (Å²) in [5, 5.41) is 2.96. The zero-order valence-electron chi connectivity index (χ0n) is 14.7. The van der Waals surface area contributed by atoms with Crippen LogP contribution in [0.5, 0.6) is 11.5 Å². The van der Waals surface area contributed by atoms with E-state index in [9.17, 15) is 4.79 Å². The molecule has 25 heavy (non-hydrogen) atoms. The number of carbonyl (C=O) groups excluding carboxylic acids is 1. The number of benzene rings is 1. The van der Waals surface area contributed by atoms with Gasteiger partial charge in [0.25, 0.3) is 0 Å². The van der Waals surface area contributed by atoms with E-state index in [0.29, 0.717) is 24.6 Å². The second-order valence-electron chi connectivity index (χ2n) is 5.67. The van der Waals surface area contributed by atoms with Gasteiger partial charge in [0.15, 0.2) is 11.5 Å². The standard InChI is InChI=1S/C18H23BrN2O3S/c1-21(11-14-5-7-17(19)25-14)12-18(22)20-9-8-13-4-6-15(23-2)16(10-13)24-3/h4-7,10H,8-9,11-12H2,1-3H3,(H,20,22). The van der Waals surface area contributed by atoms with Gasteiger partial charge in [0.2, 0.25) is 5.91 Å². The van der Waals surface area contributed by atoms with Crippen molar-refractivity contribution in [2.75, 3.05) is 34.4 Å². The van der Waals surface area contributed by atoms with Crippen LogP contribution in [0.2, 0.25) is 0 Å². The number of nitrogens with one attached hydrogen (secondary N) is 1. The minimum absolute atomic E-state index is 0.0265. The molecule has 0 aliphatic rings. The van der Waals surface area contributed by atoms with E-state index in [0.717, 1.165) is 22.3 Å². The predicted octanol–water partition coefficient (Wildman–Crippen LogP) is 3.32. The Kier molecular flexibility index (Phi) is 7.74. The minimum atomic E-state index is 0.0265. The molecule has 0 saturated heterocycles. The Morgan fingerprint density at radius 3 is 2.60 bits per heavy atom. The Balaban J connectivity index is 1.74. The van der Waals surface area contributed by atoms with E-state index >= 15 is 0 Å². The van der Waals surface area contributed by atoms with Gasteiger partial charge in [-0.1, -0.05) is 6.07 Å². The third-order valence-corrected chi connectivity index (χ3v) is 5.26. The van der Waals surface area contributed by atoms with Gasteiger partial charge in [0.05, 0.1) is 24.6 Å². The van der Waals surface area contributed by atoms with Crippen molar-refractivity contribution >= 4 is 33.2 Å². The summed E-state index contributed by atoms with van der Waals surface area (Å²) in [6.07, 6.45) is 0.744. The number of amides is 1. The maximum absolute atomic E-state index is 12.1. The zero-order valence-corrected chi connectivity index (χ0v) is 17.1. The summed E-state index contributed by atoms with van der Waals surface area (Å²) in [6.45, 7) is 1.73. The van der Waals surface area contributed by atoms with Gasteiger partial charge >= 0.3 is 0 Å². The molecular formula is C18H23BrN2O3S. The van der Waals surface area contributed by atoms with Gasteiger partial charge in [-0.3, -0.25) is 9.69 Å². The fraction of sp³-hybridized carbons (Fsp3) is 0.389. The van der Waals surface area contributed by atoms with Crippen LogP contribution in [0, 0.1) is 0 Å². The summed E-state index contributed by atoms with van der Waals surface area (Å²) in [7, 11) is 5.18. The molecule has 7 heteroatoms. The second-order valence-corrected chi connectivity index (χ2v) is 8.21. The lowest BCUT2D eigenvalue weighted by molar-refractivity contribution is -0.122. The van der Waals surface area contributed by atoms with Crippen molar-refractivity contribution in [1.82, 2.24) is 10.2 Å². The van der Waals surface area contributed by atoms with E-state index in [4.69, 9.17) is 9.47 Å². The quantitative estimate of drug-likeness (QED) is 0.667. The van der Waals surface area contributed by atoms with Gasteiger partial charge < -0.3 is 14.8 Å². The van der Waals surface area contributed by atoms with Crippen LogP contribution < -0.4 is 14.8 Å². The molecule has 0 fully saturated rings. The molecule has 0 bridgehead atoms. The van der Waals surface area contributed by atoms with E-state index in [1.165, 1.54) is 4.88 Å². The molecule has 0 aliphatic carbocycles. The number of ether oxygens (including phenoxy) is 2. The summed E-state index contributed by atoms with van der Waals surface area (Å²) >= 11 is 5.14. The van der Waals surface area contributed by atoms with Crippen molar-refractivity contribution in [3.63, 3.8) is 0 Å². The molecule has 1 aromatic carbocycles. The lowest BCUT2D eigenvalue weighted by Crippen LogP contribution is -2.35. The van der Waals surface area contributed by atoms with Crippen molar-refractivity contribution in [3.8, 4) is 11.5 Å². The normalized spacial score (nSPS) is 10.8. The molecule has 0 unspecified atom stereocenters. The Morgan fingerprint density at radius 2 is 1.96 bits per heavy atom. The monoisotopic (exact) mass is 426 g/mol. The minimum Gasteiger partial charge on any atom is -0.493 e. The highest BCUT2D eigenvalue weighted by Crippen LogP contribution is 2.27. The lowest BCUT2D eigenvalue weighted by atomic mass is 10.1. The van der Waals surface area contributed by atoms with Crippen molar-refractivity contribution in [3.05, 3.63) is 44.6 Å². The van der Waals surface area contributed by atoms with Gasteiger partial charge in [0.1, 0.15) is 0 Å². The summed E-state index contributed by atoms with van der Waals surface area (Å²) in [4.78, 5) is 15.3. The maximum Gasteiger partial charge on any atom is 0.234 e. The first-order valence-corrected chi connectivity index (χ1v) is 9.53. The van der Waals surface area contributed by atoms with Crippen LogP contribution in [-0.2, 0) is 17.8 Å². The number of nitrogens with zero attached hydrogens (tertiary/aromatic N) is 1. The number of carbonyl (C=O) groups is 1. The summed E-state index contributed by atoms with van der Waals surface area (Å²) in [5.41, 5.74) is 1.09. The molecular weight excluding hydrogens is 404 g/mol. The van der Waals surface area contributed by atoms with E-state index in [1.807, 2.05) is 36.2 Å². The lowest BCUT2D eigenvalue weighted by Gasteiger charge is -2.15. The average Bonchev–Trinajstić information content (AvgIpc) is 2.99. The van der Waals surface area contributed by atoms with Crippen LogP contribution in [0.15, 0.2) is 34.1 Å². The Morgan fingerprint density at radius 1 is 1.20 bits per heavy atom. The predicted molar refractivity (Wildman–Crippen MR) is 105 cm³/mol. The molecule has 136 valence electrons. The number of hydrogen-bond acceptors (Lipinski definition) is 5. The van der Waals surface area contributed by atoms with Gasteiger partial charge in [-0.25, -0.2) is 0 Å². The Hall–Kier alpha value is -1.57. The van der Waals surface area contributed by atoms with Crippen LogP contribution in [-0.4, -0.2) is 45.2 Å². The van der Waals surface area contributed by atoms with Gasteiger partial charge in [-0.2, -0.15) is 0 Å². The number of halogens is 1. The highest BCUT2D eigenvalue weighted by Gasteiger charge is 2.09. The number of rotatable bonds is 9. The summed E-state index contributed by atoms with van der Waals surface area (Å²) in [6, 6.07) is 9.89. The van der Waals surface area contributed by atoms with E-state index < -0.39 is 0 Å². The number of methoxy groups -OCH3 is 2. The van der Waals surface area contributed by atoms with Crippen LogP contribution >= 0.6 is 27.3 Å². The fourth-order valence-electron chi connectivity index (χ4n) is 2.44. The van der Waals surface area contributed by atoms with Gasteiger partial charge in [-0.15, -0.1) is 11.3 Å². The molecule has 1 N–H and O–H groups in total. The fourth-order valence-corrected chi connectivity index (χ4v) is 4.01. The van der Waals surface area contributed by atoms with Crippen LogP contribution in [0.25, 0.3) is 0 Å². The number of likely N-dealkylation sites (N-methyl/N-ethyl adjacent to an activating group) is 1. The van der Waals surface area contributed by atoms with Gasteiger partial charge in [-0.05, 0) is 59.2 Å². The van der Waals surface area contributed by atoms with Crippen LogP contribution in [0.4, 0.5) is 0 Å². The topological polar surface area (TPSA) is 50.8 Å².